The normalized spacial score (nSPS) is 10.9. The van der Waals surface area contributed by atoms with Crippen LogP contribution in [0.15, 0.2) is 30.3 Å². The predicted molar refractivity (Wildman–Crippen MR) is 85.9 cm³/mol. The topological polar surface area (TPSA) is 34.1 Å². The van der Waals surface area contributed by atoms with Crippen LogP contribution in [-0.2, 0) is 0 Å². The number of nitrogens with one attached hydrogen (secondary N) is 1. The fourth-order valence-corrected chi connectivity index (χ4v) is 3.31. The van der Waals surface area contributed by atoms with Gasteiger partial charge in [-0.15, -0.1) is 0 Å². The van der Waals surface area contributed by atoms with Gasteiger partial charge in [-0.3, -0.25) is 0 Å². The SMILES string of the molecule is COc1ccc2nc(Nc3c(Cl)cc(F)cc3Cl)sc2c1. The second kappa shape index (κ2) is 5.67. The molecule has 1 aromatic heterocycles. The van der Waals surface area contributed by atoms with E-state index in [9.17, 15) is 4.39 Å². The first kappa shape index (κ1) is 14.4. The Morgan fingerprint density at radius 3 is 2.57 bits per heavy atom. The number of nitrogens with zero attached hydrogens (tertiary/aromatic N) is 1. The molecule has 0 unspecified atom stereocenters. The van der Waals surface area contributed by atoms with E-state index in [1.165, 1.54) is 23.5 Å². The van der Waals surface area contributed by atoms with Gasteiger partial charge in [0.2, 0.25) is 0 Å². The highest BCUT2D eigenvalue weighted by molar-refractivity contribution is 7.22. The molecule has 3 rings (SSSR count). The average Bonchev–Trinajstić information content (AvgIpc) is 2.84. The Kier molecular flexibility index (Phi) is 3.89. The van der Waals surface area contributed by atoms with E-state index in [2.05, 4.69) is 10.3 Å². The minimum absolute atomic E-state index is 0.205. The number of aromatic nitrogens is 1. The summed E-state index contributed by atoms with van der Waals surface area (Å²) in [5.41, 5.74) is 1.27. The molecule has 0 amide bonds. The fraction of sp³-hybridized carbons (Fsp3) is 0.0714. The maximum atomic E-state index is 13.2. The van der Waals surface area contributed by atoms with E-state index in [0.29, 0.717) is 10.8 Å². The molecule has 7 heteroatoms. The van der Waals surface area contributed by atoms with Crippen molar-refractivity contribution in [3.8, 4) is 5.75 Å². The van der Waals surface area contributed by atoms with Crippen molar-refractivity contribution < 1.29 is 9.13 Å². The number of hydrogen-bond donors (Lipinski definition) is 1. The Labute approximate surface area is 134 Å². The van der Waals surface area contributed by atoms with E-state index in [1.807, 2.05) is 18.2 Å². The molecule has 0 spiro atoms. The number of anilines is 2. The number of benzene rings is 2. The zero-order chi connectivity index (χ0) is 15.0. The first-order chi connectivity index (χ1) is 10.1. The molecule has 0 fully saturated rings. The van der Waals surface area contributed by atoms with Crippen LogP contribution >= 0.6 is 34.5 Å². The summed E-state index contributed by atoms with van der Waals surface area (Å²) < 4.78 is 19.3. The third-order valence-electron chi connectivity index (χ3n) is 2.83. The van der Waals surface area contributed by atoms with Gasteiger partial charge in [-0.25, -0.2) is 9.37 Å². The van der Waals surface area contributed by atoms with Crippen molar-refractivity contribution in [2.24, 2.45) is 0 Å². The average molecular weight is 343 g/mol. The van der Waals surface area contributed by atoms with Crippen LogP contribution < -0.4 is 10.1 Å². The third-order valence-corrected chi connectivity index (χ3v) is 4.36. The van der Waals surface area contributed by atoms with Gasteiger partial charge in [0.1, 0.15) is 11.6 Å². The number of thiazole rings is 1. The van der Waals surface area contributed by atoms with Crippen molar-refractivity contribution in [1.82, 2.24) is 4.98 Å². The summed E-state index contributed by atoms with van der Waals surface area (Å²) in [6, 6.07) is 8.00. The lowest BCUT2D eigenvalue weighted by Gasteiger charge is -2.07. The van der Waals surface area contributed by atoms with Gasteiger partial charge in [0.05, 0.1) is 33.1 Å². The number of methoxy groups -OCH3 is 1. The van der Waals surface area contributed by atoms with E-state index >= 15 is 0 Å². The van der Waals surface area contributed by atoms with E-state index in [-0.39, 0.29) is 10.0 Å². The molecule has 0 radical (unpaired) electrons. The molecule has 1 heterocycles. The molecule has 0 saturated carbocycles. The third kappa shape index (κ3) is 2.90. The quantitative estimate of drug-likeness (QED) is 0.682. The second-order valence-electron chi connectivity index (χ2n) is 4.22. The Balaban J connectivity index is 1.98. The van der Waals surface area contributed by atoms with Gasteiger partial charge in [-0.1, -0.05) is 34.5 Å². The van der Waals surface area contributed by atoms with Crippen LogP contribution in [-0.4, -0.2) is 12.1 Å². The van der Waals surface area contributed by atoms with Crippen LogP contribution in [0.3, 0.4) is 0 Å². The molecule has 0 atom stereocenters. The zero-order valence-corrected chi connectivity index (χ0v) is 13.1. The first-order valence-electron chi connectivity index (χ1n) is 5.93. The molecule has 108 valence electrons. The minimum atomic E-state index is -0.482. The van der Waals surface area contributed by atoms with E-state index in [0.717, 1.165) is 16.0 Å². The van der Waals surface area contributed by atoms with Crippen molar-refractivity contribution >= 4 is 55.6 Å². The Morgan fingerprint density at radius 1 is 1.19 bits per heavy atom. The van der Waals surface area contributed by atoms with Gasteiger partial charge >= 0.3 is 0 Å². The largest absolute Gasteiger partial charge is 0.497 e. The second-order valence-corrected chi connectivity index (χ2v) is 6.07. The van der Waals surface area contributed by atoms with Gasteiger partial charge in [-0.2, -0.15) is 0 Å². The van der Waals surface area contributed by atoms with Gasteiger partial charge in [0.25, 0.3) is 0 Å². The first-order valence-corrected chi connectivity index (χ1v) is 7.50. The highest BCUT2D eigenvalue weighted by Crippen LogP contribution is 2.36. The number of hydrogen-bond acceptors (Lipinski definition) is 4. The molecular weight excluding hydrogens is 334 g/mol. The summed E-state index contributed by atoms with van der Waals surface area (Å²) in [5, 5.41) is 4.06. The molecular formula is C14H9Cl2FN2OS. The van der Waals surface area contributed by atoms with Crippen molar-refractivity contribution in [3.05, 3.63) is 46.2 Å². The van der Waals surface area contributed by atoms with Crippen molar-refractivity contribution in [3.63, 3.8) is 0 Å². The molecule has 0 aliphatic heterocycles. The summed E-state index contributed by atoms with van der Waals surface area (Å²) in [4.78, 5) is 4.43. The van der Waals surface area contributed by atoms with Gasteiger partial charge < -0.3 is 10.1 Å². The predicted octanol–water partition coefficient (Wildman–Crippen LogP) is 5.49. The lowest BCUT2D eigenvalue weighted by molar-refractivity contribution is 0.415. The summed E-state index contributed by atoms with van der Waals surface area (Å²) in [6.45, 7) is 0. The Bertz CT molecular complexity index is 799. The van der Waals surface area contributed by atoms with Gasteiger partial charge in [0, 0.05) is 0 Å². The molecule has 0 bridgehead atoms. The van der Waals surface area contributed by atoms with Crippen LogP contribution in [0.5, 0.6) is 5.75 Å². The maximum absolute atomic E-state index is 13.2. The molecule has 2 aromatic carbocycles. The van der Waals surface area contributed by atoms with Crippen LogP contribution in [0.4, 0.5) is 15.2 Å². The lowest BCUT2D eigenvalue weighted by atomic mass is 10.3. The van der Waals surface area contributed by atoms with E-state index in [4.69, 9.17) is 27.9 Å². The van der Waals surface area contributed by atoms with E-state index < -0.39 is 5.82 Å². The maximum Gasteiger partial charge on any atom is 0.188 e. The van der Waals surface area contributed by atoms with Gasteiger partial charge in [-0.05, 0) is 30.3 Å². The monoisotopic (exact) mass is 342 g/mol. The lowest BCUT2D eigenvalue weighted by Crippen LogP contribution is -1.92. The molecule has 21 heavy (non-hydrogen) atoms. The van der Waals surface area contributed by atoms with Crippen LogP contribution in [0.2, 0.25) is 10.0 Å². The smallest absolute Gasteiger partial charge is 0.188 e. The molecule has 1 N–H and O–H groups in total. The Morgan fingerprint density at radius 2 is 1.90 bits per heavy atom. The summed E-state index contributed by atoms with van der Waals surface area (Å²) in [6.07, 6.45) is 0. The number of rotatable bonds is 3. The Hall–Kier alpha value is -1.56. The number of ether oxygens (including phenoxy) is 1. The molecule has 3 aromatic rings. The minimum Gasteiger partial charge on any atom is -0.497 e. The molecule has 0 aliphatic rings. The van der Waals surface area contributed by atoms with Crippen LogP contribution in [0.25, 0.3) is 10.2 Å². The van der Waals surface area contributed by atoms with Crippen molar-refractivity contribution in [1.29, 1.82) is 0 Å². The van der Waals surface area contributed by atoms with Crippen molar-refractivity contribution in [2.45, 2.75) is 0 Å². The summed E-state index contributed by atoms with van der Waals surface area (Å²) in [5.74, 6) is 0.278. The standard InChI is InChI=1S/C14H9Cl2FN2OS/c1-20-8-2-3-11-12(6-8)21-14(18-11)19-13-9(15)4-7(17)5-10(13)16/h2-6H,1H3,(H,18,19). The molecule has 0 aliphatic carbocycles. The highest BCUT2D eigenvalue weighted by Gasteiger charge is 2.11. The number of halogens is 3. The van der Waals surface area contributed by atoms with Crippen LogP contribution in [0.1, 0.15) is 0 Å². The fourth-order valence-electron chi connectivity index (χ4n) is 1.85. The summed E-state index contributed by atoms with van der Waals surface area (Å²) in [7, 11) is 1.61. The van der Waals surface area contributed by atoms with Gasteiger partial charge in [0.15, 0.2) is 5.13 Å². The zero-order valence-electron chi connectivity index (χ0n) is 10.8. The molecule has 0 saturated heterocycles. The van der Waals surface area contributed by atoms with Crippen molar-refractivity contribution in [2.75, 3.05) is 12.4 Å². The number of fused-ring (bicyclic) bond motifs is 1. The molecule has 3 nitrogen and oxygen atoms in total. The van der Waals surface area contributed by atoms with E-state index in [1.54, 1.807) is 7.11 Å². The summed E-state index contributed by atoms with van der Waals surface area (Å²) >= 11 is 13.4. The highest BCUT2D eigenvalue weighted by atomic mass is 35.5. The van der Waals surface area contributed by atoms with Crippen LogP contribution in [0, 0.1) is 5.82 Å².